The van der Waals surface area contributed by atoms with Gasteiger partial charge in [-0.3, -0.25) is 0 Å². The van der Waals surface area contributed by atoms with E-state index in [0.29, 0.717) is 12.2 Å². The quantitative estimate of drug-likeness (QED) is 0.675. The van der Waals surface area contributed by atoms with Gasteiger partial charge in [-0.1, -0.05) is 12.1 Å². The summed E-state index contributed by atoms with van der Waals surface area (Å²) in [5.74, 6) is 0.473. The molecule has 0 fully saturated rings. The first kappa shape index (κ1) is 14.1. The number of rotatable bonds is 4. The van der Waals surface area contributed by atoms with E-state index >= 15 is 0 Å². The Labute approximate surface area is 119 Å². The number of aromatic nitrogens is 1. The highest BCUT2D eigenvalue weighted by Gasteiger charge is 2.07. The van der Waals surface area contributed by atoms with Crippen LogP contribution in [0.5, 0.6) is 0 Å². The van der Waals surface area contributed by atoms with Crippen molar-refractivity contribution in [3.8, 4) is 0 Å². The van der Waals surface area contributed by atoms with Crippen LogP contribution in [-0.4, -0.2) is 25.4 Å². The summed E-state index contributed by atoms with van der Waals surface area (Å²) in [7, 11) is 2.00. The fourth-order valence-corrected chi connectivity index (χ4v) is 1.92. The molecule has 0 saturated heterocycles. The molecule has 0 radical (unpaired) electrons. The summed E-state index contributed by atoms with van der Waals surface area (Å²) in [6.45, 7) is 4.17. The highest BCUT2D eigenvalue weighted by Crippen LogP contribution is 2.15. The molecular weight excluding hydrogens is 251 g/mol. The molecule has 20 heavy (non-hydrogen) atoms. The van der Waals surface area contributed by atoms with E-state index in [1.807, 2.05) is 33.1 Å². The van der Waals surface area contributed by atoms with Gasteiger partial charge in [-0.05, 0) is 43.1 Å². The Bertz CT molecular complexity index is 629. The van der Waals surface area contributed by atoms with Gasteiger partial charge < -0.3 is 10.1 Å². The Morgan fingerprint density at radius 3 is 2.90 bits per heavy atom. The molecule has 1 aromatic carbocycles. The second kappa shape index (κ2) is 6.24. The third kappa shape index (κ3) is 3.38. The summed E-state index contributed by atoms with van der Waals surface area (Å²) in [5, 5.41) is 3.22. The Balaban J connectivity index is 2.21. The molecule has 2 aromatic rings. The zero-order valence-electron chi connectivity index (χ0n) is 11.9. The minimum Gasteiger partial charge on any atom is -0.462 e. The number of ether oxygens (including phenoxy) is 1. The number of anilines is 2. The molecule has 0 aliphatic carbocycles. The lowest BCUT2D eigenvalue weighted by atomic mass is 9.95. The lowest BCUT2D eigenvalue weighted by Crippen LogP contribution is -2.12. The summed E-state index contributed by atoms with van der Waals surface area (Å²) >= 11 is 0. The van der Waals surface area contributed by atoms with E-state index in [-0.39, 0.29) is 5.97 Å². The smallest absolute Gasteiger partial charge is 0.338 e. The van der Waals surface area contributed by atoms with Crippen molar-refractivity contribution >= 4 is 30.8 Å². The van der Waals surface area contributed by atoms with Crippen LogP contribution in [0.3, 0.4) is 0 Å². The number of carbonyl (C=O) groups excluding carboxylic acids is 1. The van der Waals surface area contributed by atoms with Crippen LogP contribution in [0.4, 0.5) is 11.5 Å². The van der Waals surface area contributed by atoms with E-state index in [4.69, 9.17) is 4.74 Å². The van der Waals surface area contributed by atoms with Crippen molar-refractivity contribution in [3.63, 3.8) is 0 Å². The molecule has 0 amide bonds. The SMILES string of the molecule is Bc1cc(C)cnc1Nc1cccc(C(=O)OCC)c1. The van der Waals surface area contributed by atoms with E-state index in [0.717, 1.165) is 22.5 Å². The molecule has 2 rings (SSSR count). The minimum absolute atomic E-state index is 0.315. The van der Waals surface area contributed by atoms with Gasteiger partial charge in [0.25, 0.3) is 0 Å². The van der Waals surface area contributed by atoms with Gasteiger partial charge >= 0.3 is 5.97 Å². The molecule has 1 N–H and O–H groups in total. The maximum atomic E-state index is 11.7. The monoisotopic (exact) mass is 268 g/mol. The molecule has 0 aliphatic heterocycles. The highest BCUT2D eigenvalue weighted by atomic mass is 16.5. The van der Waals surface area contributed by atoms with Crippen LogP contribution < -0.4 is 10.8 Å². The molecule has 0 atom stereocenters. The van der Waals surface area contributed by atoms with Crippen LogP contribution in [0.25, 0.3) is 0 Å². The van der Waals surface area contributed by atoms with Crippen molar-refractivity contribution in [2.24, 2.45) is 0 Å². The zero-order valence-corrected chi connectivity index (χ0v) is 11.9. The molecule has 0 aliphatic rings. The van der Waals surface area contributed by atoms with Crippen LogP contribution in [0, 0.1) is 6.92 Å². The highest BCUT2D eigenvalue weighted by molar-refractivity contribution is 6.35. The molecule has 0 unspecified atom stereocenters. The average molecular weight is 268 g/mol. The van der Waals surface area contributed by atoms with Crippen molar-refractivity contribution in [2.45, 2.75) is 13.8 Å². The molecular formula is C15H17BN2O2. The van der Waals surface area contributed by atoms with Crippen molar-refractivity contribution in [1.29, 1.82) is 0 Å². The average Bonchev–Trinajstić information content (AvgIpc) is 2.43. The largest absolute Gasteiger partial charge is 0.462 e. The first-order valence-electron chi connectivity index (χ1n) is 6.57. The van der Waals surface area contributed by atoms with Gasteiger partial charge in [0.15, 0.2) is 0 Å². The van der Waals surface area contributed by atoms with Gasteiger partial charge in [0.2, 0.25) is 0 Å². The fraction of sp³-hybridized carbons (Fsp3) is 0.200. The van der Waals surface area contributed by atoms with E-state index in [9.17, 15) is 4.79 Å². The molecule has 1 heterocycles. The maximum Gasteiger partial charge on any atom is 0.338 e. The number of aryl methyl sites for hydroxylation is 1. The van der Waals surface area contributed by atoms with Crippen LogP contribution in [0.2, 0.25) is 0 Å². The van der Waals surface area contributed by atoms with Crippen molar-refractivity contribution in [2.75, 3.05) is 11.9 Å². The minimum atomic E-state index is -0.315. The Kier molecular flexibility index (Phi) is 4.40. The zero-order chi connectivity index (χ0) is 14.5. The number of hydrogen-bond donors (Lipinski definition) is 1. The van der Waals surface area contributed by atoms with Gasteiger partial charge in [-0.15, -0.1) is 0 Å². The second-order valence-electron chi connectivity index (χ2n) is 4.60. The van der Waals surface area contributed by atoms with Gasteiger partial charge in [-0.2, -0.15) is 0 Å². The Hall–Kier alpha value is -2.30. The van der Waals surface area contributed by atoms with Crippen molar-refractivity contribution in [1.82, 2.24) is 4.98 Å². The van der Waals surface area contributed by atoms with Crippen LogP contribution in [0.15, 0.2) is 36.5 Å². The number of carbonyl (C=O) groups is 1. The number of esters is 1. The topological polar surface area (TPSA) is 51.2 Å². The lowest BCUT2D eigenvalue weighted by molar-refractivity contribution is 0.0526. The number of nitrogens with zero attached hydrogens (tertiary/aromatic N) is 1. The molecule has 4 nitrogen and oxygen atoms in total. The predicted octanol–water partition coefficient (Wildman–Crippen LogP) is 1.57. The van der Waals surface area contributed by atoms with E-state index < -0.39 is 0 Å². The summed E-state index contributed by atoms with van der Waals surface area (Å²) in [6.07, 6.45) is 1.81. The van der Waals surface area contributed by atoms with Crippen molar-refractivity contribution < 1.29 is 9.53 Å². The van der Waals surface area contributed by atoms with Crippen LogP contribution in [-0.2, 0) is 4.74 Å². The fourth-order valence-electron chi connectivity index (χ4n) is 1.92. The van der Waals surface area contributed by atoms with Crippen LogP contribution >= 0.6 is 0 Å². The Morgan fingerprint density at radius 1 is 1.40 bits per heavy atom. The second-order valence-corrected chi connectivity index (χ2v) is 4.60. The third-order valence-electron chi connectivity index (χ3n) is 2.85. The number of pyridine rings is 1. The van der Waals surface area contributed by atoms with E-state index in [2.05, 4.69) is 16.4 Å². The summed E-state index contributed by atoms with van der Waals surface area (Å²) in [6, 6.07) is 9.27. The van der Waals surface area contributed by atoms with E-state index in [1.165, 1.54) is 0 Å². The lowest BCUT2D eigenvalue weighted by Gasteiger charge is -2.10. The third-order valence-corrected chi connectivity index (χ3v) is 2.85. The first-order valence-corrected chi connectivity index (χ1v) is 6.57. The molecule has 0 bridgehead atoms. The van der Waals surface area contributed by atoms with Gasteiger partial charge in [0, 0.05) is 11.9 Å². The maximum absolute atomic E-state index is 11.7. The van der Waals surface area contributed by atoms with Crippen molar-refractivity contribution in [3.05, 3.63) is 47.7 Å². The number of hydrogen-bond acceptors (Lipinski definition) is 4. The predicted molar refractivity (Wildman–Crippen MR) is 82.8 cm³/mol. The van der Waals surface area contributed by atoms with Gasteiger partial charge in [0.05, 0.1) is 12.2 Å². The van der Waals surface area contributed by atoms with Crippen LogP contribution in [0.1, 0.15) is 22.8 Å². The summed E-state index contributed by atoms with van der Waals surface area (Å²) < 4.78 is 4.99. The molecule has 0 spiro atoms. The standard InChI is InChI=1S/C15H17BN2O2/c1-3-20-15(19)11-5-4-6-12(8-11)18-14-13(16)7-10(2)9-17-14/h4-9H,3,16H2,1-2H3,(H,17,18). The molecule has 0 saturated carbocycles. The Morgan fingerprint density at radius 2 is 2.20 bits per heavy atom. The summed E-state index contributed by atoms with van der Waals surface area (Å²) in [4.78, 5) is 16.1. The van der Waals surface area contributed by atoms with E-state index in [1.54, 1.807) is 19.1 Å². The molecule has 5 heteroatoms. The molecule has 1 aromatic heterocycles. The van der Waals surface area contributed by atoms with Gasteiger partial charge in [0.1, 0.15) is 13.7 Å². The van der Waals surface area contributed by atoms with Gasteiger partial charge in [-0.25, -0.2) is 9.78 Å². The number of benzene rings is 1. The molecule has 102 valence electrons. The normalized spacial score (nSPS) is 10.1. The first-order chi connectivity index (χ1) is 9.60. The summed E-state index contributed by atoms with van der Waals surface area (Å²) in [5.41, 5.74) is 3.52. The number of nitrogens with one attached hydrogen (secondary N) is 1.